The van der Waals surface area contributed by atoms with Gasteiger partial charge in [-0.15, -0.1) is 0 Å². The molecular formula is C10H17N3OS. The molecule has 0 saturated carbocycles. The van der Waals surface area contributed by atoms with Crippen LogP contribution in [0.3, 0.4) is 0 Å². The Morgan fingerprint density at radius 3 is 3.27 bits per heavy atom. The number of thioether (sulfide) groups is 1. The molecule has 84 valence electrons. The fourth-order valence-corrected chi connectivity index (χ4v) is 2.70. The van der Waals surface area contributed by atoms with Gasteiger partial charge in [0.25, 0.3) is 0 Å². The number of rotatable bonds is 4. The van der Waals surface area contributed by atoms with Crippen LogP contribution in [0.4, 0.5) is 0 Å². The van der Waals surface area contributed by atoms with Crippen molar-refractivity contribution in [2.45, 2.75) is 17.6 Å². The zero-order valence-electron chi connectivity index (χ0n) is 8.93. The Morgan fingerprint density at radius 1 is 1.80 bits per heavy atom. The lowest BCUT2D eigenvalue weighted by atomic mass is 10.0. The van der Waals surface area contributed by atoms with Gasteiger partial charge >= 0.3 is 0 Å². The summed E-state index contributed by atoms with van der Waals surface area (Å²) in [5.74, 6) is 1.44. The molecule has 0 amide bonds. The number of hydrogen-bond acceptors (Lipinski definition) is 4. The molecule has 1 aromatic rings. The van der Waals surface area contributed by atoms with Crippen LogP contribution in [0.25, 0.3) is 0 Å². The lowest BCUT2D eigenvalue weighted by molar-refractivity contribution is 0.182. The Morgan fingerprint density at radius 2 is 2.67 bits per heavy atom. The first-order chi connectivity index (χ1) is 7.27. The second kappa shape index (κ2) is 5.01. The third-order valence-electron chi connectivity index (χ3n) is 2.75. The molecule has 0 aromatic carbocycles. The minimum absolute atomic E-state index is 0.217. The van der Waals surface area contributed by atoms with E-state index in [1.807, 2.05) is 24.0 Å². The highest BCUT2D eigenvalue weighted by Gasteiger charge is 2.22. The minimum atomic E-state index is 0.217. The number of hydrogen-bond donors (Lipinski definition) is 1. The van der Waals surface area contributed by atoms with Crippen molar-refractivity contribution < 1.29 is 4.74 Å². The van der Waals surface area contributed by atoms with Gasteiger partial charge in [-0.3, -0.25) is 0 Å². The van der Waals surface area contributed by atoms with Crippen molar-refractivity contribution in [2.24, 2.45) is 18.7 Å². The van der Waals surface area contributed by atoms with Gasteiger partial charge in [-0.1, -0.05) is 11.8 Å². The predicted molar refractivity (Wildman–Crippen MR) is 60.8 cm³/mol. The first-order valence-corrected chi connectivity index (χ1v) is 6.19. The number of nitrogens with two attached hydrogens (primary N) is 1. The third kappa shape index (κ3) is 2.74. The topological polar surface area (TPSA) is 53.1 Å². The van der Waals surface area contributed by atoms with Crippen LogP contribution in [-0.2, 0) is 11.8 Å². The van der Waals surface area contributed by atoms with E-state index >= 15 is 0 Å². The van der Waals surface area contributed by atoms with Crippen LogP contribution in [0.1, 0.15) is 6.42 Å². The molecule has 0 bridgehead atoms. The van der Waals surface area contributed by atoms with E-state index in [-0.39, 0.29) is 6.04 Å². The van der Waals surface area contributed by atoms with E-state index in [4.69, 9.17) is 10.5 Å². The summed E-state index contributed by atoms with van der Waals surface area (Å²) < 4.78 is 7.35. The van der Waals surface area contributed by atoms with Crippen molar-refractivity contribution in [3.8, 4) is 0 Å². The van der Waals surface area contributed by atoms with Crippen LogP contribution in [0.5, 0.6) is 0 Å². The molecule has 0 spiro atoms. The SMILES string of the molecule is Cn1ccnc1SCC(N)C1CCOC1. The highest BCUT2D eigenvalue weighted by atomic mass is 32.2. The molecule has 1 aromatic heterocycles. The summed E-state index contributed by atoms with van der Waals surface area (Å²) in [4.78, 5) is 4.25. The molecule has 2 atom stereocenters. The molecule has 1 aliphatic rings. The number of ether oxygens (including phenoxy) is 1. The Kier molecular flexibility index (Phi) is 3.66. The van der Waals surface area contributed by atoms with Crippen molar-refractivity contribution in [1.29, 1.82) is 0 Å². The molecule has 15 heavy (non-hydrogen) atoms. The maximum absolute atomic E-state index is 6.11. The highest BCUT2D eigenvalue weighted by Crippen LogP contribution is 2.21. The van der Waals surface area contributed by atoms with Crippen LogP contribution < -0.4 is 5.73 Å². The molecule has 4 nitrogen and oxygen atoms in total. The van der Waals surface area contributed by atoms with E-state index < -0.39 is 0 Å². The Balaban J connectivity index is 1.80. The Bertz CT molecular complexity index is 309. The van der Waals surface area contributed by atoms with E-state index in [0.717, 1.165) is 30.5 Å². The molecular weight excluding hydrogens is 210 g/mol. The lowest BCUT2D eigenvalue weighted by Gasteiger charge is -2.16. The van der Waals surface area contributed by atoms with E-state index in [9.17, 15) is 0 Å². The maximum atomic E-state index is 6.11. The van der Waals surface area contributed by atoms with E-state index in [2.05, 4.69) is 4.98 Å². The van der Waals surface area contributed by atoms with E-state index in [0.29, 0.717) is 5.92 Å². The molecule has 2 N–H and O–H groups in total. The van der Waals surface area contributed by atoms with Gasteiger partial charge in [0, 0.05) is 43.8 Å². The summed E-state index contributed by atoms with van der Waals surface area (Å²) in [6.45, 7) is 1.69. The number of aromatic nitrogens is 2. The molecule has 1 aliphatic heterocycles. The Hall–Kier alpha value is -0.520. The number of nitrogens with zero attached hydrogens (tertiary/aromatic N) is 2. The number of aryl methyl sites for hydroxylation is 1. The fourth-order valence-electron chi connectivity index (χ4n) is 1.69. The van der Waals surface area contributed by atoms with Gasteiger partial charge in [0.05, 0.1) is 6.61 Å². The van der Waals surface area contributed by atoms with Gasteiger partial charge in [-0.25, -0.2) is 4.98 Å². The summed E-state index contributed by atoms with van der Waals surface area (Å²) in [5, 5.41) is 1.03. The zero-order chi connectivity index (χ0) is 10.7. The molecule has 2 heterocycles. The van der Waals surface area contributed by atoms with Crippen molar-refractivity contribution in [1.82, 2.24) is 9.55 Å². The molecule has 0 aliphatic carbocycles. The molecule has 2 rings (SSSR count). The zero-order valence-corrected chi connectivity index (χ0v) is 9.74. The minimum Gasteiger partial charge on any atom is -0.381 e. The molecule has 5 heteroatoms. The van der Waals surface area contributed by atoms with Crippen molar-refractivity contribution in [3.05, 3.63) is 12.4 Å². The smallest absolute Gasteiger partial charge is 0.167 e. The summed E-state index contributed by atoms with van der Waals surface area (Å²) in [6.07, 6.45) is 4.86. The first kappa shape index (κ1) is 11.0. The summed E-state index contributed by atoms with van der Waals surface area (Å²) in [5.41, 5.74) is 6.11. The van der Waals surface area contributed by atoms with Gasteiger partial charge in [-0.05, 0) is 6.42 Å². The van der Waals surface area contributed by atoms with E-state index in [1.54, 1.807) is 11.8 Å². The molecule has 1 fully saturated rings. The van der Waals surface area contributed by atoms with Crippen LogP contribution in [0.2, 0.25) is 0 Å². The fraction of sp³-hybridized carbons (Fsp3) is 0.700. The largest absolute Gasteiger partial charge is 0.381 e. The Labute approximate surface area is 94.2 Å². The molecule has 2 unspecified atom stereocenters. The van der Waals surface area contributed by atoms with Gasteiger partial charge in [-0.2, -0.15) is 0 Å². The van der Waals surface area contributed by atoms with Gasteiger partial charge in [0.2, 0.25) is 0 Å². The van der Waals surface area contributed by atoms with Gasteiger partial charge < -0.3 is 15.0 Å². The quantitative estimate of drug-likeness (QED) is 0.776. The second-order valence-electron chi connectivity index (χ2n) is 3.92. The van der Waals surface area contributed by atoms with Crippen molar-refractivity contribution in [3.63, 3.8) is 0 Å². The highest BCUT2D eigenvalue weighted by molar-refractivity contribution is 7.99. The average Bonchev–Trinajstić information content (AvgIpc) is 2.85. The normalized spacial score (nSPS) is 23.2. The van der Waals surface area contributed by atoms with Crippen molar-refractivity contribution >= 4 is 11.8 Å². The van der Waals surface area contributed by atoms with Crippen LogP contribution >= 0.6 is 11.8 Å². The summed E-state index contributed by atoms with van der Waals surface area (Å²) in [6, 6.07) is 0.217. The van der Waals surface area contributed by atoms with Crippen LogP contribution in [0, 0.1) is 5.92 Å². The molecule has 0 radical (unpaired) electrons. The standard InChI is InChI=1S/C10H17N3OS/c1-13-4-3-12-10(13)15-7-9(11)8-2-5-14-6-8/h3-4,8-9H,2,5-7,11H2,1H3. The number of imidazole rings is 1. The van der Waals surface area contributed by atoms with Gasteiger partial charge in [0.1, 0.15) is 0 Å². The molecule has 1 saturated heterocycles. The summed E-state index contributed by atoms with van der Waals surface area (Å²) >= 11 is 1.72. The van der Waals surface area contributed by atoms with Crippen molar-refractivity contribution in [2.75, 3.05) is 19.0 Å². The monoisotopic (exact) mass is 227 g/mol. The predicted octanol–water partition coefficient (Wildman–Crippen LogP) is 0.876. The lowest BCUT2D eigenvalue weighted by Crippen LogP contribution is -2.32. The van der Waals surface area contributed by atoms with E-state index in [1.165, 1.54) is 0 Å². The maximum Gasteiger partial charge on any atom is 0.167 e. The third-order valence-corrected chi connectivity index (χ3v) is 3.96. The first-order valence-electron chi connectivity index (χ1n) is 5.21. The van der Waals surface area contributed by atoms with Gasteiger partial charge in [0.15, 0.2) is 5.16 Å². The summed E-state index contributed by atoms with van der Waals surface area (Å²) in [7, 11) is 2.00. The average molecular weight is 227 g/mol. The second-order valence-corrected chi connectivity index (χ2v) is 4.91. The van der Waals surface area contributed by atoms with Crippen LogP contribution in [-0.4, -0.2) is 34.6 Å². The van der Waals surface area contributed by atoms with Crippen LogP contribution in [0.15, 0.2) is 17.6 Å².